The lowest BCUT2D eigenvalue weighted by Gasteiger charge is -2.43. The van der Waals surface area contributed by atoms with E-state index in [0.717, 1.165) is 77.3 Å². The molecule has 5 rings (SSSR count). The quantitative estimate of drug-likeness (QED) is 0.437. The number of nitriles is 1. The highest BCUT2D eigenvalue weighted by Gasteiger charge is 2.45. The van der Waals surface area contributed by atoms with Crippen LogP contribution in [-0.4, -0.2) is 104 Å². The van der Waals surface area contributed by atoms with Gasteiger partial charge in [-0.1, -0.05) is 6.07 Å². The van der Waals surface area contributed by atoms with Crippen molar-refractivity contribution in [2.24, 2.45) is 17.3 Å². The zero-order valence-corrected chi connectivity index (χ0v) is 25.2. The average molecular weight is 582 g/mol. The first-order valence-electron chi connectivity index (χ1n) is 15.9. The minimum Gasteiger partial charge on any atom is -0.481 e. The number of hydrogen-bond donors (Lipinski definition) is 0. The molecule has 0 bridgehead atoms. The molecule has 0 saturated carbocycles. The largest absolute Gasteiger partial charge is 0.481 e. The van der Waals surface area contributed by atoms with Gasteiger partial charge in [0.25, 0.3) is 0 Å². The summed E-state index contributed by atoms with van der Waals surface area (Å²) in [5, 5.41) is 10.2. The van der Waals surface area contributed by atoms with Crippen LogP contribution >= 0.6 is 0 Å². The summed E-state index contributed by atoms with van der Waals surface area (Å²) < 4.78 is 16.2. The van der Waals surface area contributed by atoms with Crippen molar-refractivity contribution in [3.05, 3.63) is 23.9 Å². The van der Waals surface area contributed by atoms with Crippen molar-refractivity contribution >= 4 is 11.8 Å². The molecule has 0 unspecified atom stereocenters. The monoisotopic (exact) mass is 581 g/mol. The fraction of sp³-hybridized carbons (Fsp3) is 0.750. The summed E-state index contributed by atoms with van der Waals surface area (Å²) in [5.41, 5.74) is 0.0253. The van der Waals surface area contributed by atoms with E-state index < -0.39 is 5.41 Å². The molecule has 0 radical (unpaired) electrons. The number of rotatable bonds is 9. The van der Waals surface area contributed by atoms with Crippen LogP contribution in [0.5, 0.6) is 5.88 Å². The normalized spacial score (nSPS) is 22.8. The van der Waals surface area contributed by atoms with Gasteiger partial charge in [-0.25, -0.2) is 4.98 Å². The lowest BCUT2D eigenvalue weighted by Crippen LogP contribution is -2.54. The predicted octanol–water partition coefficient (Wildman–Crippen LogP) is 3.26. The van der Waals surface area contributed by atoms with E-state index in [1.807, 2.05) is 21.9 Å². The maximum Gasteiger partial charge on any atom is 0.243 e. The molecule has 42 heavy (non-hydrogen) atoms. The molecule has 4 fully saturated rings. The highest BCUT2D eigenvalue weighted by molar-refractivity contribution is 5.86. The minimum atomic E-state index is -0.938. The van der Waals surface area contributed by atoms with E-state index in [0.29, 0.717) is 69.5 Å². The van der Waals surface area contributed by atoms with Crippen LogP contribution in [-0.2, 0) is 25.6 Å². The number of carbonyl (C=O) groups is 2. The van der Waals surface area contributed by atoms with Gasteiger partial charge in [-0.3, -0.25) is 9.59 Å². The smallest absolute Gasteiger partial charge is 0.243 e. The second kappa shape index (κ2) is 14.6. The van der Waals surface area contributed by atoms with Gasteiger partial charge in [0, 0.05) is 90.4 Å². The second-order valence-corrected chi connectivity index (χ2v) is 12.6. The molecule has 4 saturated heterocycles. The van der Waals surface area contributed by atoms with Crippen molar-refractivity contribution < 1.29 is 23.8 Å². The highest BCUT2D eigenvalue weighted by Crippen LogP contribution is 2.35. The van der Waals surface area contributed by atoms with Crippen LogP contribution in [0.25, 0.3) is 0 Å². The van der Waals surface area contributed by atoms with E-state index in [9.17, 15) is 14.9 Å². The summed E-state index contributed by atoms with van der Waals surface area (Å²) >= 11 is 0. The lowest BCUT2D eigenvalue weighted by atomic mass is 9.77. The number of nitrogens with zero attached hydrogens (tertiary/aromatic N) is 5. The Labute approximate surface area is 250 Å². The number of likely N-dealkylation sites (tertiary alicyclic amines) is 2. The van der Waals surface area contributed by atoms with Gasteiger partial charge in [0.15, 0.2) is 0 Å². The summed E-state index contributed by atoms with van der Waals surface area (Å²) in [7, 11) is 1.59. The standard InChI is InChI=1S/C32H47N5O5/c1-40-29-3-2-27(21-34-29)23-37(30(38)20-25-6-16-41-17-7-25)28-4-12-36(13-5-28)31(39)32(24-33)10-14-35(15-11-32)22-26-8-18-42-19-9-26/h2-3,21,25-26,28H,4-20,22-23H2,1H3. The zero-order valence-electron chi connectivity index (χ0n) is 25.2. The van der Waals surface area contributed by atoms with E-state index in [2.05, 4.69) is 16.0 Å². The molecule has 0 spiro atoms. The van der Waals surface area contributed by atoms with Crippen LogP contribution in [0.4, 0.5) is 0 Å². The number of methoxy groups -OCH3 is 1. The number of aromatic nitrogens is 1. The predicted molar refractivity (Wildman–Crippen MR) is 156 cm³/mol. The third-order valence-corrected chi connectivity index (χ3v) is 9.87. The summed E-state index contributed by atoms with van der Waals surface area (Å²) in [6.07, 6.45) is 8.93. The van der Waals surface area contributed by atoms with Gasteiger partial charge in [0.2, 0.25) is 17.7 Å². The maximum atomic E-state index is 13.8. The molecule has 4 aliphatic heterocycles. The molecule has 5 heterocycles. The third-order valence-electron chi connectivity index (χ3n) is 9.87. The molecule has 0 N–H and O–H groups in total. The fourth-order valence-corrected chi connectivity index (χ4v) is 7.03. The molecular weight excluding hydrogens is 534 g/mol. The Kier molecular flexibility index (Phi) is 10.7. The molecule has 1 aromatic heterocycles. The van der Waals surface area contributed by atoms with Crippen LogP contribution in [0.1, 0.15) is 63.4 Å². The topological polar surface area (TPSA) is 108 Å². The number of amides is 2. The Hall–Kier alpha value is -2.74. The number of hydrogen-bond acceptors (Lipinski definition) is 8. The first-order valence-corrected chi connectivity index (χ1v) is 15.9. The highest BCUT2D eigenvalue weighted by atomic mass is 16.5. The van der Waals surface area contributed by atoms with Gasteiger partial charge in [-0.15, -0.1) is 0 Å². The number of pyridine rings is 1. The maximum absolute atomic E-state index is 13.8. The number of carbonyl (C=O) groups excluding carboxylic acids is 2. The van der Waals surface area contributed by atoms with Crippen molar-refractivity contribution in [2.45, 2.75) is 70.4 Å². The number of piperidine rings is 2. The Balaban J connectivity index is 1.18. The average Bonchev–Trinajstić information content (AvgIpc) is 3.05. The fourth-order valence-electron chi connectivity index (χ4n) is 7.03. The van der Waals surface area contributed by atoms with Gasteiger partial charge < -0.3 is 28.9 Å². The molecular formula is C32H47N5O5. The van der Waals surface area contributed by atoms with Crippen molar-refractivity contribution in [3.8, 4) is 11.9 Å². The molecule has 10 nitrogen and oxygen atoms in total. The second-order valence-electron chi connectivity index (χ2n) is 12.6. The van der Waals surface area contributed by atoms with E-state index in [1.165, 1.54) is 0 Å². The molecule has 1 aromatic rings. The first-order chi connectivity index (χ1) is 20.5. The van der Waals surface area contributed by atoms with Crippen LogP contribution in [0.3, 0.4) is 0 Å². The summed E-state index contributed by atoms with van der Waals surface area (Å²) in [6.45, 7) is 7.35. The van der Waals surface area contributed by atoms with Gasteiger partial charge in [0.1, 0.15) is 5.41 Å². The summed E-state index contributed by atoms with van der Waals surface area (Å²) in [6, 6.07) is 6.28. The molecule has 10 heteroatoms. The SMILES string of the molecule is COc1ccc(CN(C(=O)CC2CCOCC2)C2CCN(C(=O)C3(C#N)CCN(CC4CCOCC4)CC3)CC2)cn1. The van der Waals surface area contributed by atoms with E-state index in [1.54, 1.807) is 13.3 Å². The Morgan fingerprint density at radius 3 is 2.21 bits per heavy atom. The van der Waals surface area contributed by atoms with E-state index >= 15 is 0 Å². The van der Waals surface area contributed by atoms with Crippen molar-refractivity contribution in [3.63, 3.8) is 0 Å². The van der Waals surface area contributed by atoms with E-state index in [4.69, 9.17) is 14.2 Å². The van der Waals surface area contributed by atoms with Crippen LogP contribution in [0.2, 0.25) is 0 Å². The molecule has 0 aromatic carbocycles. The van der Waals surface area contributed by atoms with Crippen LogP contribution < -0.4 is 4.74 Å². The van der Waals surface area contributed by atoms with Gasteiger partial charge >= 0.3 is 0 Å². The van der Waals surface area contributed by atoms with Crippen LogP contribution in [0.15, 0.2) is 18.3 Å². The first kappa shape index (κ1) is 30.7. The molecule has 2 amide bonds. The van der Waals surface area contributed by atoms with Crippen molar-refractivity contribution in [1.29, 1.82) is 5.26 Å². The Bertz CT molecular complexity index is 1060. The van der Waals surface area contributed by atoms with Crippen LogP contribution in [0, 0.1) is 28.6 Å². The zero-order chi connectivity index (χ0) is 29.4. The third kappa shape index (κ3) is 7.61. The van der Waals surface area contributed by atoms with Gasteiger partial charge in [-0.05, 0) is 68.8 Å². The van der Waals surface area contributed by atoms with Gasteiger partial charge in [-0.2, -0.15) is 5.26 Å². The van der Waals surface area contributed by atoms with Crippen molar-refractivity contribution in [1.82, 2.24) is 19.7 Å². The Morgan fingerprint density at radius 1 is 1.00 bits per heavy atom. The lowest BCUT2D eigenvalue weighted by molar-refractivity contribution is -0.144. The minimum absolute atomic E-state index is 0.0198. The number of ether oxygens (including phenoxy) is 3. The van der Waals surface area contributed by atoms with E-state index in [-0.39, 0.29) is 17.9 Å². The molecule has 0 aliphatic carbocycles. The Morgan fingerprint density at radius 2 is 1.64 bits per heavy atom. The summed E-state index contributed by atoms with van der Waals surface area (Å²) in [4.78, 5) is 38.1. The molecule has 4 aliphatic rings. The van der Waals surface area contributed by atoms with Crippen molar-refractivity contribution in [2.75, 3.05) is 66.3 Å². The molecule has 0 atom stereocenters. The summed E-state index contributed by atoms with van der Waals surface area (Å²) in [5.74, 6) is 1.68. The molecule has 230 valence electrons. The van der Waals surface area contributed by atoms with Gasteiger partial charge in [0.05, 0.1) is 13.2 Å².